The van der Waals surface area contributed by atoms with Crippen LogP contribution in [0.15, 0.2) is 24.3 Å². The third-order valence-electron chi connectivity index (χ3n) is 3.04. The van der Waals surface area contributed by atoms with E-state index in [2.05, 4.69) is 5.32 Å². The SMILES string of the molecule is C[C@H](O)[C@H]1CC[C@@H](c2ccc(F)cc2)N1. The van der Waals surface area contributed by atoms with Crippen molar-refractivity contribution in [3.05, 3.63) is 35.6 Å². The van der Waals surface area contributed by atoms with Crippen LogP contribution in [0.5, 0.6) is 0 Å². The molecule has 3 heteroatoms. The summed E-state index contributed by atoms with van der Waals surface area (Å²) in [5.74, 6) is -0.205. The van der Waals surface area contributed by atoms with Crippen molar-refractivity contribution in [1.82, 2.24) is 5.32 Å². The fraction of sp³-hybridized carbons (Fsp3) is 0.500. The Balaban J connectivity index is 2.04. The maximum Gasteiger partial charge on any atom is 0.123 e. The third kappa shape index (κ3) is 2.36. The summed E-state index contributed by atoms with van der Waals surface area (Å²) >= 11 is 0. The summed E-state index contributed by atoms with van der Waals surface area (Å²) < 4.78 is 12.7. The van der Waals surface area contributed by atoms with E-state index < -0.39 is 0 Å². The van der Waals surface area contributed by atoms with Gasteiger partial charge in [-0.2, -0.15) is 0 Å². The maximum atomic E-state index is 12.7. The highest BCUT2D eigenvalue weighted by Gasteiger charge is 2.27. The van der Waals surface area contributed by atoms with Gasteiger partial charge in [0.1, 0.15) is 5.82 Å². The molecule has 2 nitrogen and oxygen atoms in total. The first-order chi connectivity index (χ1) is 7.16. The molecule has 1 aliphatic heterocycles. The standard InChI is InChI=1S/C12H16FNO/c1-8(15)11-6-7-12(14-11)9-2-4-10(13)5-3-9/h2-5,8,11-12,14-15H,6-7H2,1H3/t8-,11+,12-/m0/s1. The number of aliphatic hydroxyl groups excluding tert-OH is 1. The maximum absolute atomic E-state index is 12.7. The summed E-state index contributed by atoms with van der Waals surface area (Å²) in [6.07, 6.45) is 1.65. The van der Waals surface area contributed by atoms with Gasteiger partial charge in [0.15, 0.2) is 0 Å². The van der Waals surface area contributed by atoms with Crippen LogP contribution in [0, 0.1) is 5.82 Å². The van der Waals surface area contributed by atoms with Crippen molar-refractivity contribution < 1.29 is 9.50 Å². The number of hydrogen-bond donors (Lipinski definition) is 2. The normalized spacial score (nSPS) is 27.9. The summed E-state index contributed by atoms with van der Waals surface area (Å²) in [6, 6.07) is 6.99. The number of aliphatic hydroxyl groups is 1. The topological polar surface area (TPSA) is 32.3 Å². The molecule has 15 heavy (non-hydrogen) atoms. The van der Waals surface area contributed by atoms with Crippen LogP contribution in [0.1, 0.15) is 31.4 Å². The molecule has 1 fully saturated rings. The zero-order chi connectivity index (χ0) is 10.8. The van der Waals surface area contributed by atoms with Crippen LogP contribution in [-0.4, -0.2) is 17.3 Å². The van der Waals surface area contributed by atoms with Crippen molar-refractivity contribution in [3.8, 4) is 0 Å². The molecule has 0 radical (unpaired) electrons. The molecule has 0 amide bonds. The number of halogens is 1. The number of rotatable bonds is 2. The molecule has 1 heterocycles. The van der Waals surface area contributed by atoms with Gasteiger partial charge in [-0.1, -0.05) is 12.1 Å². The highest BCUT2D eigenvalue weighted by Crippen LogP contribution is 2.27. The smallest absolute Gasteiger partial charge is 0.123 e. The van der Waals surface area contributed by atoms with Crippen molar-refractivity contribution in [2.75, 3.05) is 0 Å². The molecule has 0 aromatic heterocycles. The van der Waals surface area contributed by atoms with Gasteiger partial charge in [-0.3, -0.25) is 0 Å². The average molecular weight is 209 g/mol. The summed E-state index contributed by atoms with van der Waals surface area (Å²) in [4.78, 5) is 0. The van der Waals surface area contributed by atoms with E-state index in [4.69, 9.17) is 0 Å². The van der Waals surface area contributed by atoms with E-state index in [1.54, 1.807) is 19.1 Å². The van der Waals surface area contributed by atoms with Gasteiger partial charge >= 0.3 is 0 Å². The number of hydrogen-bond acceptors (Lipinski definition) is 2. The molecule has 1 aromatic carbocycles. The minimum Gasteiger partial charge on any atom is -0.392 e. The Morgan fingerprint density at radius 2 is 2.00 bits per heavy atom. The summed E-state index contributed by atoms with van der Waals surface area (Å²) in [5.41, 5.74) is 1.10. The van der Waals surface area contributed by atoms with Crippen molar-refractivity contribution in [3.63, 3.8) is 0 Å². The lowest BCUT2D eigenvalue weighted by atomic mass is 10.1. The molecule has 3 atom stereocenters. The second-order valence-electron chi connectivity index (χ2n) is 4.20. The highest BCUT2D eigenvalue weighted by atomic mass is 19.1. The Hall–Kier alpha value is -0.930. The van der Waals surface area contributed by atoms with E-state index in [9.17, 15) is 9.50 Å². The van der Waals surface area contributed by atoms with Crippen LogP contribution in [0.4, 0.5) is 4.39 Å². The molecule has 2 N–H and O–H groups in total. The molecule has 0 bridgehead atoms. The summed E-state index contributed by atoms with van der Waals surface area (Å²) in [5, 5.41) is 12.8. The minimum absolute atomic E-state index is 0.167. The zero-order valence-electron chi connectivity index (χ0n) is 8.78. The molecule has 1 saturated heterocycles. The number of nitrogens with one attached hydrogen (secondary N) is 1. The van der Waals surface area contributed by atoms with Gasteiger partial charge in [-0.15, -0.1) is 0 Å². The van der Waals surface area contributed by atoms with Gasteiger partial charge in [0, 0.05) is 12.1 Å². The lowest BCUT2D eigenvalue weighted by molar-refractivity contribution is 0.152. The van der Waals surface area contributed by atoms with Crippen LogP contribution >= 0.6 is 0 Å². The largest absolute Gasteiger partial charge is 0.392 e. The van der Waals surface area contributed by atoms with Gasteiger partial charge < -0.3 is 10.4 Å². The van der Waals surface area contributed by atoms with Crippen molar-refractivity contribution in [1.29, 1.82) is 0 Å². The van der Waals surface area contributed by atoms with E-state index in [1.165, 1.54) is 12.1 Å². The molecule has 0 aliphatic carbocycles. The highest BCUT2D eigenvalue weighted by molar-refractivity contribution is 5.21. The van der Waals surface area contributed by atoms with Crippen LogP contribution in [0.25, 0.3) is 0 Å². The van der Waals surface area contributed by atoms with Gasteiger partial charge in [0.2, 0.25) is 0 Å². The molecular weight excluding hydrogens is 193 g/mol. The molecule has 0 spiro atoms. The van der Waals surface area contributed by atoms with Gasteiger partial charge in [0.05, 0.1) is 6.10 Å². The molecule has 2 rings (SSSR count). The Labute approximate surface area is 89.1 Å². The minimum atomic E-state index is -0.324. The molecule has 1 aromatic rings. The second-order valence-corrected chi connectivity index (χ2v) is 4.20. The predicted molar refractivity (Wildman–Crippen MR) is 57.0 cm³/mol. The van der Waals surface area contributed by atoms with E-state index >= 15 is 0 Å². The zero-order valence-corrected chi connectivity index (χ0v) is 8.78. The molecular formula is C12H16FNO. The monoisotopic (exact) mass is 209 g/mol. The quantitative estimate of drug-likeness (QED) is 0.780. The van der Waals surface area contributed by atoms with E-state index in [0.717, 1.165) is 18.4 Å². The van der Waals surface area contributed by atoms with Gasteiger partial charge in [-0.25, -0.2) is 4.39 Å². The van der Waals surface area contributed by atoms with Gasteiger partial charge in [0.25, 0.3) is 0 Å². The van der Waals surface area contributed by atoms with Crippen LogP contribution in [0.3, 0.4) is 0 Å². The van der Waals surface area contributed by atoms with Crippen LogP contribution in [0.2, 0.25) is 0 Å². The Bertz CT molecular complexity index is 323. The second kappa shape index (κ2) is 4.29. The summed E-state index contributed by atoms with van der Waals surface area (Å²) in [7, 11) is 0. The first-order valence-electron chi connectivity index (χ1n) is 5.36. The molecule has 82 valence electrons. The van der Waals surface area contributed by atoms with Crippen molar-refractivity contribution in [2.45, 2.75) is 38.0 Å². The lowest BCUT2D eigenvalue weighted by Gasteiger charge is -2.16. The van der Waals surface area contributed by atoms with Crippen LogP contribution < -0.4 is 5.32 Å². The van der Waals surface area contributed by atoms with E-state index in [0.29, 0.717) is 0 Å². The van der Waals surface area contributed by atoms with Crippen LogP contribution in [-0.2, 0) is 0 Å². The molecule has 1 aliphatic rings. The molecule has 0 saturated carbocycles. The Morgan fingerprint density at radius 3 is 2.53 bits per heavy atom. The average Bonchev–Trinajstić information content (AvgIpc) is 2.68. The van der Waals surface area contributed by atoms with Crippen molar-refractivity contribution >= 4 is 0 Å². The fourth-order valence-corrected chi connectivity index (χ4v) is 2.11. The van der Waals surface area contributed by atoms with E-state index in [-0.39, 0.29) is 24.0 Å². The summed E-state index contributed by atoms with van der Waals surface area (Å²) in [6.45, 7) is 1.80. The number of benzene rings is 1. The predicted octanol–water partition coefficient (Wildman–Crippen LogP) is 2.00. The third-order valence-corrected chi connectivity index (χ3v) is 3.04. The van der Waals surface area contributed by atoms with Gasteiger partial charge in [-0.05, 0) is 37.5 Å². The Morgan fingerprint density at radius 1 is 1.33 bits per heavy atom. The van der Waals surface area contributed by atoms with Crippen molar-refractivity contribution in [2.24, 2.45) is 0 Å². The Kier molecular flexibility index (Phi) is 3.03. The fourth-order valence-electron chi connectivity index (χ4n) is 2.11. The first kappa shape index (κ1) is 10.6. The lowest BCUT2D eigenvalue weighted by Crippen LogP contribution is -2.33. The van der Waals surface area contributed by atoms with E-state index in [1.807, 2.05) is 0 Å². The molecule has 0 unspecified atom stereocenters. The first-order valence-corrected chi connectivity index (χ1v) is 5.36.